The third-order valence-electron chi connectivity index (χ3n) is 5.45. The van der Waals surface area contributed by atoms with Gasteiger partial charge in [-0.25, -0.2) is 12.8 Å². The zero-order valence-corrected chi connectivity index (χ0v) is 22.9. The van der Waals surface area contributed by atoms with Crippen molar-refractivity contribution in [3.05, 3.63) is 112 Å². The second-order valence-corrected chi connectivity index (χ2v) is 11.4. The Hall–Kier alpha value is -3.20. The quantitative estimate of drug-likeness (QED) is 0.202. The summed E-state index contributed by atoms with van der Waals surface area (Å²) in [4.78, 5) is 11.3. The third-order valence-corrected chi connectivity index (χ3v) is 8.03. The summed E-state index contributed by atoms with van der Waals surface area (Å²) >= 11 is 9.52. The Morgan fingerprint density at radius 2 is 1.59 bits per heavy atom. The van der Waals surface area contributed by atoms with Gasteiger partial charge in [0.1, 0.15) is 17.3 Å². The van der Waals surface area contributed by atoms with Crippen molar-refractivity contribution < 1.29 is 22.3 Å². The second-order valence-electron chi connectivity index (χ2n) is 8.24. The van der Waals surface area contributed by atoms with E-state index in [-0.39, 0.29) is 44.8 Å². The molecule has 0 fully saturated rings. The molecule has 0 saturated heterocycles. The molecule has 0 unspecified atom stereocenters. The smallest absolute Gasteiger partial charge is 0.268 e. The highest BCUT2D eigenvalue weighted by Crippen LogP contribution is 2.40. The molecule has 0 saturated carbocycles. The molecule has 37 heavy (non-hydrogen) atoms. The topological polar surface area (TPSA) is 63.7 Å². The molecule has 5 nitrogen and oxygen atoms in total. The molecule has 0 aliphatic heterocycles. The Bertz CT molecular complexity index is 1530. The highest BCUT2D eigenvalue weighted by molar-refractivity contribution is 9.10. The van der Waals surface area contributed by atoms with Crippen molar-refractivity contribution in [2.45, 2.75) is 18.4 Å². The average Bonchev–Trinajstić information content (AvgIpc) is 2.88. The molecule has 0 atom stereocenters. The van der Waals surface area contributed by atoms with E-state index in [0.29, 0.717) is 11.1 Å². The number of sulfonamides is 1. The first kappa shape index (κ1) is 26.9. The van der Waals surface area contributed by atoms with Crippen LogP contribution in [0.5, 0.6) is 5.75 Å². The number of ether oxygens (including phenoxy) is 1. The number of carbonyl (C=O) groups excluding carboxylic acids is 1. The van der Waals surface area contributed by atoms with Crippen molar-refractivity contribution in [2.75, 3.05) is 10.9 Å². The van der Waals surface area contributed by atoms with Crippen LogP contribution in [-0.4, -0.2) is 20.8 Å². The van der Waals surface area contributed by atoms with Crippen LogP contribution in [0.2, 0.25) is 5.02 Å². The highest BCUT2D eigenvalue weighted by atomic mass is 79.9. The minimum Gasteiger partial charge on any atom is -0.483 e. The van der Waals surface area contributed by atoms with Crippen LogP contribution in [0.4, 0.5) is 10.1 Å². The number of halogens is 3. The predicted octanol–water partition coefficient (Wildman–Crippen LogP) is 7.27. The summed E-state index contributed by atoms with van der Waals surface area (Å²) in [6, 6.07) is 25.2. The van der Waals surface area contributed by atoms with E-state index in [1.165, 1.54) is 31.2 Å². The van der Waals surface area contributed by atoms with Gasteiger partial charge in [-0.15, -0.1) is 0 Å². The third kappa shape index (κ3) is 6.21. The first-order chi connectivity index (χ1) is 17.7. The van der Waals surface area contributed by atoms with Gasteiger partial charge in [-0.1, -0.05) is 78.3 Å². The van der Waals surface area contributed by atoms with Gasteiger partial charge in [0, 0.05) is 5.02 Å². The number of hydrogen-bond acceptors (Lipinski definition) is 4. The van der Waals surface area contributed by atoms with E-state index in [2.05, 4.69) is 15.9 Å². The first-order valence-electron chi connectivity index (χ1n) is 11.2. The Kier molecular flexibility index (Phi) is 8.32. The van der Waals surface area contributed by atoms with Crippen LogP contribution in [0.25, 0.3) is 11.1 Å². The molecule has 190 valence electrons. The van der Waals surface area contributed by atoms with E-state index in [1.54, 1.807) is 36.4 Å². The summed E-state index contributed by atoms with van der Waals surface area (Å²) in [5.41, 5.74) is 1.95. The molecule has 4 aromatic carbocycles. The van der Waals surface area contributed by atoms with Crippen molar-refractivity contribution in [3.8, 4) is 16.9 Å². The molecule has 0 heterocycles. The number of Topliss-reactive ketones (excluding diaryl/α,β-unsaturated/α-hetero) is 1. The van der Waals surface area contributed by atoms with E-state index in [0.717, 1.165) is 9.87 Å². The lowest BCUT2D eigenvalue weighted by atomic mass is 10.0. The van der Waals surface area contributed by atoms with E-state index < -0.39 is 15.8 Å². The lowest BCUT2D eigenvalue weighted by molar-refractivity contribution is -0.118. The zero-order chi connectivity index (χ0) is 26.6. The normalized spacial score (nSPS) is 11.2. The maximum absolute atomic E-state index is 15.4. The minimum absolute atomic E-state index is 0.0858. The van der Waals surface area contributed by atoms with Gasteiger partial charge in [-0.3, -0.25) is 9.10 Å². The first-order valence-corrected chi connectivity index (χ1v) is 13.8. The minimum atomic E-state index is -4.45. The maximum Gasteiger partial charge on any atom is 0.268 e. The Balaban J connectivity index is 1.92. The van der Waals surface area contributed by atoms with Gasteiger partial charge in [-0.05, 0) is 63.8 Å². The van der Waals surface area contributed by atoms with Crippen LogP contribution in [0.15, 0.2) is 100 Å². The summed E-state index contributed by atoms with van der Waals surface area (Å²) < 4.78 is 50.6. The van der Waals surface area contributed by atoms with Crippen LogP contribution in [0, 0.1) is 5.82 Å². The van der Waals surface area contributed by atoms with Gasteiger partial charge in [0.15, 0.2) is 11.5 Å². The van der Waals surface area contributed by atoms with Crippen molar-refractivity contribution in [2.24, 2.45) is 0 Å². The second kappa shape index (κ2) is 11.5. The summed E-state index contributed by atoms with van der Waals surface area (Å²) in [7, 11) is -4.45. The fourth-order valence-corrected chi connectivity index (χ4v) is 6.48. The Labute approximate surface area is 228 Å². The van der Waals surface area contributed by atoms with E-state index in [4.69, 9.17) is 16.3 Å². The van der Waals surface area contributed by atoms with Gasteiger partial charge < -0.3 is 4.74 Å². The van der Waals surface area contributed by atoms with Crippen LogP contribution in [0.3, 0.4) is 0 Å². The number of ketones is 1. The molecule has 4 aromatic rings. The van der Waals surface area contributed by atoms with E-state index in [9.17, 15) is 13.2 Å². The number of hydrogen-bond donors (Lipinski definition) is 0. The molecular formula is C28H22BrClFNO4S. The van der Waals surface area contributed by atoms with Crippen molar-refractivity contribution in [1.29, 1.82) is 0 Å². The monoisotopic (exact) mass is 601 g/mol. The number of anilines is 1. The molecule has 9 heteroatoms. The summed E-state index contributed by atoms with van der Waals surface area (Å²) in [6.07, 6.45) is 0. The molecule has 0 bridgehead atoms. The van der Waals surface area contributed by atoms with Crippen molar-refractivity contribution in [3.63, 3.8) is 0 Å². The summed E-state index contributed by atoms with van der Waals surface area (Å²) in [5, 5.41) is 0.124. The van der Waals surface area contributed by atoms with Gasteiger partial charge in [0.05, 0.1) is 16.7 Å². The predicted molar refractivity (Wildman–Crippen MR) is 147 cm³/mol. The lowest BCUT2D eigenvalue weighted by Gasteiger charge is -2.27. The molecule has 4 rings (SSSR count). The van der Waals surface area contributed by atoms with Gasteiger partial charge in [0.25, 0.3) is 10.0 Å². The number of carbonyl (C=O) groups is 1. The van der Waals surface area contributed by atoms with E-state index in [1.807, 2.05) is 30.3 Å². The molecular weight excluding hydrogens is 581 g/mol. The fourth-order valence-electron chi connectivity index (χ4n) is 3.72. The molecule has 0 amide bonds. The molecule has 0 aromatic heterocycles. The summed E-state index contributed by atoms with van der Waals surface area (Å²) in [6.45, 7) is 0.818. The van der Waals surface area contributed by atoms with Gasteiger partial charge >= 0.3 is 0 Å². The maximum atomic E-state index is 15.4. The average molecular weight is 603 g/mol. The van der Waals surface area contributed by atoms with Crippen molar-refractivity contribution >= 4 is 49.0 Å². The van der Waals surface area contributed by atoms with Crippen LogP contribution in [-0.2, 0) is 21.4 Å². The Morgan fingerprint density at radius 3 is 2.24 bits per heavy atom. The molecule has 0 aliphatic rings. The Morgan fingerprint density at radius 1 is 0.946 bits per heavy atom. The van der Waals surface area contributed by atoms with E-state index >= 15 is 4.39 Å². The van der Waals surface area contributed by atoms with Crippen LogP contribution < -0.4 is 9.04 Å². The number of rotatable bonds is 9. The van der Waals surface area contributed by atoms with Crippen LogP contribution in [0.1, 0.15) is 12.5 Å². The molecule has 0 aliphatic carbocycles. The molecule has 0 N–H and O–H groups in total. The number of nitrogens with zero attached hydrogens (tertiary/aromatic N) is 1. The highest BCUT2D eigenvalue weighted by Gasteiger charge is 2.32. The summed E-state index contributed by atoms with van der Waals surface area (Å²) in [5.74, 6) is -1.10. The molecule has 0 radical (unpaired) electrons. The zero-order valence-electron chi connectivity index (χ0n) is 19.7. The van der Waals surface area contributed by atoms with Gasteiger partial charge in [0.2, 0.25) is 0 Å². The molecule has 0 spiro atoms. The van der Waals surface area contributed by atoms with Crippen molar-refractivity contribution in [1.82, 2.24) is 0 Å². The number of benzene rings is 4. The fraction of sp³-hybridized carbons (Fsp3) is 0.107. The largest absolute Gasteiger partial charge is 0.483 e. The SMILES string of the molecule is CC(=O)COc1c(Br)cc(Cl)cc1S(=O)(=O)N(Cc1ccccc1)c1cc(-c2ccccc2)ccc1F. The van der Waals surface area contributed by atoms with Gasteiger partial charge in [-0.2, -0.15) is 0 Å². The standard InChI is InChI=1S/C28H22BrClFNO4S/c1-19(33)18-36-28-24(29)15-23(30)16-27(28)37(34,35)32(17-20-8-4-2-5-9-20)26-14-22(12-13-25(26)31)21-10-6-3-7-11-21/h2-16H,17-18H2,1H3. The van der Waals surface area contributed by atoms with Crippen LogP contribution >= 0.6 is 27.5 Å². The lowest BCUT2D eigenvalue weighted by Crippen LogP contribution is -2.32.